The molecule has 0 aliphatic rings. The normalized spacial score (nSPS) is 10.8. The van der Waals surface area contributed by atoms with Gasteiger partial charge in [0.05, 0.1) is 5.69 Å². The van der Waals surface area contributed by atoms with Gasteiger partial charge in [-0.05, 0) is 44.4 Å². The van der Waals surface area contributed by atoms with Crippen LogP contribution < -0.4 is 10.1 Å². The van der Waals surface area contributed by atoms with E-state index in [1.54, 1.807) is 4.52 Å². The zero-order chi connectivity index (χ0) is 17.6. The predicted molar refractivity (Wildman–Crippen MR) is 95.7 cm³/mol. The molecule has 0 aliphatic carbocycles. The van der Waals surface area contributed by atoms with Gasteiger partial charge in [-0.2, -0.15) is 5.10 Å². The topological polar surface area (TPSA) is 68.5 Å². The van der Waals surface area contributed by atoms with Crippen LogP contribution in [0.2, 0.25) is 0 Å². The molecule has 3 rings (SSSR count). The molecule has 0 radical (unpaired) electrons. The second-order valence-corrected chi connectivity index (χ2v) is 6.11. The number of fused-ring (bicyclic) bond motifs is 1. The molecular formula is C19H22N4O2. The summed E-state index contributed by atoms with van der Waals surface area (Å²) in [7, 11) is 0. The van der Waals surface area contributed by atoms with E-state index >= 15 is 0 Å². The summed E-state index contributed by atoms with van der Waals surface area (Å²) >= 11 is 0. The second kappa shape index (κ2) is 7.79. The van der Waals surface area contributed by atoms with Crippen LogP contribution in [0.25, 0.3) is 5.65 Å². The molecule has 0 spiro atoms. The summed E-state index contributed by atoms with van der Waals surface area (Å²) in [6, 6.07) is 9.59. The molecule has 1 amide bonds. The lowest BCUT2D eigenvalue weighted by molar-refractivity contribution is -0.123. The van der Waals surface area contributed by atoms with E-state index in [4.69, 9.17) is 4.74 Å². The van der Waals surface area contributed by atoms with Crippen LogP contribution in [0.3, 0.4) is 0 Å². The predicted octanol–water partition coefficient (Wildman–Crippen LogP) is 2.47. The number of hydrogen-bond donors (Lipinski definition) is 1. The molecule has 0 saturated heterocycles. The number of nitrogens with zero attached hydrogens (tertiary/aromatic N) is 3. The van der Waals surface area contributed by atoms with E-state index in [0.29, 0.717) is 12.3 Å². The van der Waals surface area contributed by atoms with Crippen molar-refractivity contribution in [3.05, 3.63) is 59.5 Å². The average molecular weight is 338 g/mol. The second-order valence-electron chi connectivity index (χ2n) is 6.11. The van der Waals surface area contributed by atoms with Gasteiger partial charge in [0, 0.05) is 25.0 Å². The van der Waals surface area contributed by atoms with E-state index in [2.05, 4.69) is 15.4 Å². The maximum Gasteiger partial charge on any atom is 0.257 e. The Bertz CT molecular complexity index is 855. The standard InChI is InChI=1S/C19H22N4O2/c1-14-5-7-17(8-6-14)25-13-19(24)20-9-3-4-16-11-21-18-10-15(2)22-23(18)12-16/h5-8,10-12H,3-4,9,13H2,1-2H3,(H,20,24). The minimum atomic E-state index is -0.114. The maximum absolute atomic E-state index is 11.8. The van der Waals surface area contributed by atoms with Gasteiger partial charge in [0.25, 0.3) is 5.91 Å². The lowest BCUT2D eigenvalue weighted by Crippen LogP contribution is -2.29. The van der Waals surface area contributed by atoms with Gasteiger partial charge in [0.1, 0.15) is 5.75 Å². The summed E-state index contributed by atoms with van der Waals surface area (Å²) < 4.78 is 7.25. The lowest BCUT2D eigenvalue weighted by atomic mass is 10.2. The number of aryl methyl sites for hydroxylation is 3. The number of hydrogen-bond acceptors (Lipinski definition) is 4. The third-order valence-corrected chi connectivity index (χ3v) is 3.84. The molecule has 0 atom stereocenters. The van der Waals surface area contributed by atoms with Crippen LogP contribution in [0.4, 0.5) is 0 Å². The highest BCUT2D eigenvalue weighted by Gasteiger charge is 2.04. The number of benzene rings is 1. The van der Waals surface area contributed by atoms with Crippen LogP contribution in [0.15, 0.2) is 42.7 Å². The molecule has 1 N–H and O–H groups in total. The number of aromatic nitrogens is 3. The third kappa shape index (κ3) is 4.79. The van der Waals surface area contributed by atoms with Gasteiger partial charge in [-0.3, -0.25) is 4.79 Å². The van der Waals surface area contributed by atoms with Crippen molar-refractivity contribution < 1.29 is 9.53 Å². The van der Waals surface area contributed by atoms with Gasteiger partial charge in [0.15, 0.2) is 12.3 Å². The first-order valence-electron chi connectivity index (χ1n) is 8.37. The molecule has 0 fully saturated rings. The first-order chi connectivity index (χ1) is 12.1. The molecule has 6 nitrogen and oxygen atoms in total. The van der Waals surface area contributed by atoms with Gasteiger partial charge < -0.3 is 10.1 Å². The summed E-state index contributed by atoms with van der Waals surface area (Å²) in [6.45, 7) is 4.59. The van der Waals surface area contributed by atoms with Crippen LogP contribution in [0.5, 0.6) is 5.75 Å². The number of nitrogens with one attached hydrogen (secondary N) is 1. The number of rotatable bonds is 7. The quantitative estimate of drug-likeness (QED) is 0.672. The van der Waals surface area contributed by atoms with Gasteiger partial charge in [-0.15, -0.1) is 0 Å². The highest BCUT2D eigenvalue weighted by Crippen LogP contribution is 2.11. The Hall–Kier alpha value is -2.89. The fourth-order valence-corrected chi connectivity index (χ4v) is 2.52. The van der Waals surface area contributed by atoms with Crippen molar-refractivity contribution >= 4 is 11.6 Å². The first kappa shape index (κ1) is 17.0. The molecule has 0 aliphatic heterocycles. The monoisotopic (exact) mass is 338 g/mol. The van der Waals surface area contributed by atoms with Crippen LogP contribution in [-0.2, 0) is 11.2 Å². The zero-order valence-electron chi connectivity index (χ0n) is 14.5. The minimum Gasteiger partial charge on any atom is -0.484 e. The van der Waals surface area contributed by atoms with Crippen molar-refractivity contribution in [2.75, 3.05) is 13.2 Å². The van der Waals surface area contributed by atoms with Crippen molar-refractivity contribution in [2.24, 2.45) is 0 Å². The van der Waals surface area contributed by atoms with Crippen molar-refractivity contribution in [1.82, 2.24) is 19.9 Å². The van der Waals surface area contributed by atoms with Gasteiger partial charge in [-0.25, -0.2) is 9.50 Å². The van der Waals surface area contributed by atoms with Crippen LogP contribution >= 0.6 is 0 Å². The number of carbonyl (C=O) groups excluding carboxylic acids is 1. The molecular weight excluding hydrogens is 316 g/mol. The molecule has 2 aromatic heterocycles. The van der Waals surface area contributed by atoms with Crippen LogP contribution in [-0.4, -0.2) is 33.7 Å². The molecule has 130 valence electrons. The number of ether oxygens (including phenoxy) is 1. The molecule has 0 unspecified atom stereocenters. The van der Waals surface area contributed by atoms with E-state index in [9.17, 15) is 4.79 Å². The van der Waals surface area contributed by atoms with Crippen molar-refractivity contribution in [2.45, 2.75) is 26.7 Å². The van der Waals surface area contributed by atoms with Gasteiger partial charge in [-0.1, -0.05) is 17.7 Å². The third-order valence-electron chi connectivity index (χ3n) is 3.84. The SMILES string of the molecule is Cc1ccc(OCC(=O)NCCCc2cnc3cc(C)nn3c2)cc1. The van der Waals surface area contributed by atoms with E-state index in [1.165, 1.54) is 0 Å². The highest BCUT2D eigenvalue weighted by molar-refractivity contribution is 5.77. The largest absolute Gasteiger partial charge is 0.484 e. The van der Waals surface area contributed by atoms with Crippen molar-refractivity contribution in [3.63, 3.8) is 0 Å². The molecule has 6 heteroatoms. The Balaban J connectivity index is 1.38. The van der Waals surface area contributed by atoms with Crippen molar-refractivity contribution in [3.8, 4) is 5.75 Å². The van der Waals surface area contributed by atoms with E-state index in [0.717, 1.165) is 35.3 Å². The smallest absolute Gasteiger partial charge is 0.257 e. The van der Waals surface area contributed by atoms with Crippen molar-refractivity contribution in [1.29, 1.82) is 0 Å². The van der Waals surface area contributed by atoms with Crippen LogP contribution in [0.1, 0.15) is 23.2 Å². The lowest BCUT2D eigenvalue weighted by Gasteiger charge is -2.08. The molecule has 0 bridgehead atoms. The summed E-state index contributed by atoms with van der Waals surface area (Å²) in [4.78, 5) is 16.2. The fraction of sp³-hybridized carbons (Fsp3) is 0.316. The summed E-state index contributed by atoms with van der Waals surface area (Å²) in [5, 5.41) is 7.23. The number of carbonyl (C=O) groups is 1. The molecule has 25 heavy (non-hydrogen) atoms. The Morgan fingerprint density at radius 3 is 2.84 bits per heavy atom. The van der Waals surface area contributed by atoms with E-state index in [1.807, 2.05) is 56.6 Å². The van der Waals surface area contributed by atoms with E-state index < -0.39 is 0 Å². The summed E-state index contributed by atoms with van der Waals surface area (Å²) in [6.07, 6.45) is 5.51. The number of amides is 1. The maximum atomic E-state index is 11.8. The van der Waals surface area contributed by atoms with Gasteiger partial charge >= 0.3 is 0 Å². The Labute approximate surface area is 146 Å². The Morgan fingerprint density at radius 1 is 1.24 bits per heavy atom. The molecule has 3 aromatic rings. The van der Waals surface area contributed by atoms with Crippen LogP contribution in [0, 0.1) is 13.8 Å². The highest BCUT2D eigenvalue weighted by atomic mass is 16.5. The summed E-state index contributed by atoms with van der Waals surface area (Å²) in [5.41, 5.74) is 4.06. The van der Waals surface area contributed by atoms with Gasteiger partial charge in [0.2, 0.25) is 0 Å². The minimum absolute atomic E-state index is 0.0309. The van der Waals surface area contributed by atoms with E-state index in [-0.39, 0.29) is 12.5 Å². The fourth-order valence-electron chi connectivity index (χ4n) is 2.52. The molecule has 0 saturated carbocycles. The zero-order valence-corrected chi connectivity index (χ0v) is 14.5. The first-order valence-corrected chi connectivity index (χ1v) is 8.37. The Morgan fingerprint density at radius 2 is 2.04 bits per heavy atom. The summed E-state index contributed by atoms with van der Waals surface area (Å²) in [5.74, 6) is 0.589. The Kier molecular flexibility index (Phi) is 5.28. The molecule has 1 aromatic carbocycles. The molecule has 2 heterocycles. The average Bonchev–Trinajstić information content (AvgIpc) is 2.97.